The lowest BCUT2D eigenvalue weighted by molar-refractivity contribution is 0.226. The van der Waals surface area contributed by atoms with Crippen LogP contribution in [0, 0.1) is 13.8 Å². The summed E-state index contributed by atoms with van der Waals surface area (Å²) in [7, 11) is 0. The first-order chi connectivity index (χ1) is 11.6. The first-order valence-corrected chi connectivity index (χ1v) is 9.02. The molecule has 24 heavy (non-hydrogen) atoms. The predicted octanol–water partition coefficient (Wildman–Crippen LogP) is 5.29. The van der Waals surface area contributed by atoms with E-state index in [9.17, 15) is 0 Å². The highest BCUT2D eigenvalue weighted by Crippen LogP contribution is 2.38. The van der Waals surface area contributed by atoms with Crippen LogP contribution in [0.25, 0.3) is 21.8 Å². The topological polar surface area (TPSA) is 34.2 Å². The summed E-state index contributed by atoms with van der Waals surface area (Å²) in [5.74, 6) is 0.921. The standard InChI is InChI=1S/C20H20N2OS/c1-12-6-4-5-7-16(12)20-22-19(14(3)24-20)15-8-9-18-17(10-15)21-11-13(2)23-18/h4-10,13,21H,11H2,1-3H3. The van der Waals surface area contributed by atoms with Crippen LogP contribution in [0.1, 0.15) is 17.4 Å². The number of aryl methyl sites for hydroxylation is 2. The molecule has 1 N–H and O–H groups in total. The SMILES string of the molecule is Cc1ccccc1-c1nc(-c2ccc3c(c2)NCC(C)O3)c(C)s1. The largest absolute Gasteiger partial charge is 0.487 e. The maximum absolute atomic E-state index is 5.86. The molecule has 0 saturated carbocycles. The monoisotopic (exact) mass is 336 g/mol. The van der Waals surface area contributed by atoms with E-state index in [4.69, 9.17) is 9.72 Å². The van der Waals surface area contributed by atoms with Gasteiger partial charge in [-0.05, 0) is 44.5 Å². The number of thiazole rings is 1. The number of hydrogen-bond acceptors (Lipinski definition) is 4. The molecule has 0 amide bonds. The third-order valence-corrected chi connectivity index (χ3v) is 5.34. The zero-order valence-electron chi connectivity index (χ0n) is 14.1. The van der Waals surface area contributed by atoms with Crippen LogP contribution in [0.3, 0.4) is 0 Å². The summed E-state index contributed by atoms with van der Waals surface area (Å²) >= 11 is 1.75. The van der Waals surface area contributed by atoms with E-state index in [0.717, 1.165) is 34.2 Å². The van der Waals surface area contributed by atoms with Crippen molar-refractivity contribution in [3.8, 4) is 27.6 Å². The maximum Gasteiger partial charge on any atom is 0.142 e. The second-order valence-electron chi connectivity index (χ2n) is 6.26. The molecule has 1 aromatic heterocycles. The Balaban J connectivity index is 1.74. The van der Waals surface area contributed by atoms with Gasteiger partial charge in [-0.1, -0.05) is 24.3 Å². The van der Waals surface area contributed by atoms with Gasteiger partial charge in [0.25, 0.3) is 0 Å². The van der Waals surface area contributed by atoms with E-state index in [1.54, 1.807) is 11.3 Å². The minimum atomic E-state index is 0.206. The van der Waals surface area contributed by atoms with Crippen molar-refractivity contribution in [2.75, 3.05) is 11.9 Å². The second-order valence-corrected chi connectivity index (χ2v) is 7.46. The lowest BCUT2D eigenvalue weighted by atomic mass is 10.1. The van der Waals surface area contributed by atoms with E-state index in [1.165, 1.54) is 16.0 Å². The van der Waals surface area contributed by atoms with E-state index in [-0.39, 0.29) is 6.10 Å². The number of aromatic nitrogens is 1. The van der Waals surface area contributed by atoms with Crippen LogP contribution in [0.5, 0.6) is 5.75 Å². The highest BCUT2D eigenvalue weighted by molar-refractivity contribution is 7.15. The Morgan fingerprint density at radius 1 is 1.17 bits per heavy atom. The molecule has 4 heteroatoms. The van der Waals surface area contributed by atoms with Crippen molar-refractivity contribution in [1.29, 1.82) is 0 Å². The Morgan fingerprint density at radius 3 is 2.83 bits per heavy atom. The predicted molar refractivity (Wildman–Crippen MR) is 101 cm³/mol. The number of rotatable bonds is 2. The molecule has 3 aromatic rings. The van der Waals surface area contributed by atoms with Gasteiger partial charge in [-0.2, -0.15) is 0 Å². The molecule has 3 nitrogen and oxygen atoms in total. The first kappa shape index (κ1) is 15.2. The number of hydrogen-bond donors (Lipinski definition) is 1. The summed E-state index contributed by atoms with van der Waals surface area (Å²) in [5, 5.41) is 4.52. The van der Waals surface area contributed by atoms with Gasteiger partial charge in [0, 0.05) is 16.0 Å². The Labute approximate surface area is 146 Å². The Hall–Kier alpha value is -2.33. The highest BCUT2D eigenvalue weighted by Gasteiger charge is 2.18. The van der Waals surface area contributed by atoms with E-state index < -0.39 is 0 Å². The van der Waals surface area contributed by atoms with Crippen molar-refractivity contribution in [2.45, 2.75) is 26.9 Å². The molecule has 0 fully saturated rings. The molecule has 0 aliphatic carbocycles. The summed E-state index contributed by atoms with van der Waals surface area (Å²) < 4.78 is 5.86. The van der Waals surface area contributed by atoms with Crippen molar-refractivity contribution in [2.24, 2.45) is 0 Å². The van der Waals surface area contributed by atoms with Crippen molar-refractivity contribution in [3.63, 3.8) is 0 Å². The lowest BCUT2D eigenvalue weighted by Crippen LogP contribution is -2.27. The van der Waals surface area contributed by atoms with Crippen LogP contribution in [-0.4, -0.2) is 17.6 Å². The van der Waals surface area contributed by atoms with Gasteiger partial charge >= 0.3 is 0 Å². The average Bonchev–Trinajstić information content (AvgIpc) is 2.96. The number of nitrogens with zero attached hydrogens (tertiary/aromatic N) is 1. The van der Waals surface area contributed by atoms with Crippen LogP contribution >= 0.6 is 11.3 Å². The number of ether oxygens (including phenoxy) is 1. The minimum absolute atomic E-state index is 0.206. The van der Waals surface area contributed by atoms with Gasteiger partial charge in [0.15, 0.2) is 0 Å². The second kappa shape index (κ2) is 5.95. The fourth-order valence-electron chi connectivity index (χ4n) is 3.02. The number of fused-ring (bicyclic) bond motifs is 1. The number of nitrogens with one attached hydrogen (secondary N) is 1. The van der Waals surface area contributed by atoms with Crippen molar-refractivity contribution in [1.82, 2.24) is 4.98 Å². The smallest absolute Gasteiger partial charge is 0.142 e. The third kappa shape index (κ3) is 2.67. The molecule has 1 aliphatic heterocycles. The summed E-state index contributed by atoms with van der Waals surface area (Å²) in [5.41, 5.74) is 5.71. The van der Waals surface area contributed by atoms with Crippen LogP contribution in [0.15, 0.2) is 42.5 Å². The van der Waals surface area contributed by atoms with E-state index in [0.29, 0.717) is 0 Å². The first-order valence-electron chi connectivity index (χ1n) is 8.20. The third-order valence-electron chi connectivity index (χ3n) is 4.33. The molecule has 2 aromatic carbocycles. The van der Waals surface area contributed by atoms with Gasteiger partial charge in [0.2, 0.25) is 0 Å². The average molecular weight is 336 g/mol. The normalized spacial score (nSPS) is 16.2. The molecule has 0 spiro atoms. The Kier molecular flexibility index (Phi) is 3.77. The molecule has 0 radical (unpaired) electrons. The van der Waals surface area contributed by atoms with Crippen molar-refractivity contribution < 1.29 is 4.74 Å². The summed E-state index contributed by atoms with van der Waals surface area (Å²) in [6.07, 6.45) is 0.206. The fraction of sp³-hybridized carbons (Fsp3) is 0.250. The zero-order valence-corrected chi connectivity index (χ0v) is 14.9. The molecular weight excluding hydrogens is 316 g/mol. The molecule has 2 heterocycles. The minimum Gasteiger partial charge on any atom is -0.487 e. The van der Waals surface area contributed by atoms with Crippen LogP contribution < -0.4 is 10.1 Å². The molecule has 1 atom stereocenters. The van der Waals surface area contributed by atoms with Gasteiger partial charge in [-0.15, -0.1) is 11.3 Å². The van der Waals surface area contributed by atoms with Crippen LogP contribution in [-0.2, 0) is 0 Å². The molecular formula is C20H20N2OS. The van der Waals surface area contributed by atoms with Gasteiger partial charge < -0.3 is 10.1 Å². The summed E-state index contributed by atoms with van der Waals surface area (Å²) in [6.45, 7) is 7.18. The van der Waals surface area contributed by atoms with Crippen molar-refractivity contribution in [3.05, 3.63) is 52.9 Å². The zero-order chi connectivity index (χ0) is 16.7. The Bertz CT molecular complexity index is 900. The molecule has 122 valence electrons. The Morgan fingerprint density at radius 2 is 2.00 bits per heavy atom. The molecule has 4 rings (SSSR count). The number of anilines is 1. The quantitative estimate of drug-likeness (QED) is 0.691. The summed E-state index contributed by atoms with van der Waals surface area (Å²) in [4.78, 5) is 6.16. The fourth-order valence-corrected chi connectivity index (χ4v) is 4.05. The van der Waals surface area contributed by atoms with Gasteiger partial charge in [0.05, 0.1) is 17.9 Å². The highest BCUT2D eigenvalue weighted by atomic mass is 32.1. The van der Waals surface area contributed by atoms with E-state index in [1.807, 2.05) is 6.07 Å². The van der Waals surface area contributed by atoms with Gasteiger partial charge in [-0.25, -0.2) is 4.98 Å². The van der Waals surface area contributed by atoms with Gasteiger partial charge in [-0.3, -0.25) is 0 Å². The van der Waals surface area contributed by atoms with Crippen LogP contribution in [0.2, 0.25) is 0 Å². The molecule has 1 unspecified atom stereocenters. The lowest BCUT2D eigenvalue weighted by Gasteiger charge is -2.25. The van der Waals surface area contributed by atoms with Gasteiger partial charge in [0.1, 0.15) is 16.9 Å². The van der Waals surface area contributed by atoms with Crippen molar-refractivity contribution >= 4 is 17.0 Å². The molecule has 0 saturated heterocycles. The van der Waals surface area contributed by atoms with E-state index >= 15 is 0 Å². The molecule has 1 aliphatic rings. The molecule has 0 bridgehead atoms. The van der Waals surface area contributed by atoms with Crippen LogP contribution in [0.4, 0.5) is 5.69 Å². The van der Waals surface area contributed by atoms with E-state index in [2.05, 4.69) is 62.5 Å². The maximum atomic E-state index is 5.86. The summed E-state index contributed by atoms with van der Waals surface area (Å²) in [6, 6.07) is 14.7. The number of benzene rings is 2.